The number of nitrogens with zero attached hydrogens (tertiary/aromatic N) is 1. The number of aliphatic imine (C=N–C) groups is 1. The van der Waals surface area contributed by atoms with Crippen LogP contribution in [0, 0.1) is 0 Å². The monoisotopic (exact) mass is 469 g/mol. The molecule has 35 heavy (non-hydrogen) atoms. The van der Waals surface area contributed by atoms with E-state index in [-0.39, 0.29) is 0 Å². The van der Waals surface area contributed by atoms with E-state index in [1.54, 1.807) is 20.4 Å². The number of anilines is 2. The maximum Gasteiger partial charge on any atom is 0.162 e. The average molecular weight is 470 g/mol. The largest absolute Gasteiger partial charge is 0.493 e. The van der Waals surface area contributed by atoms with Gasteiger partial charge in [0.2, 0.25) is 0 Å². The van der Waals surface area contributed by atoms with E-state index in [9.17, 15) is 0 Å². The molecule has 3 rings (SSSR count). The number of para-hydroxylation sites is 1. The second-order valence-electron chi connectivity index (χ2n) is 8.20. The molecule has 182 valence electrons. The van der Waals surface area contributed by atoms with Crippen LogP contribution in [0.1, 0.15) is 38.3 Å². The van der Waals surface area contributed by atoms with Gasteiger partial charge in [-0.25, -0.2) is 0 Å². The molecular formula is C30H35N3O2. The second-order valence-corrected chi connectivity index (χ2v) is 8.20. The van der Waals surface area contributed by atoms with Crippen molar-refractivity contribution in [2.75, 3.05) is 24.9 Å². The Morgan fingerprint density at radius 2 is 1.57 bits per heavy atom. The van der Waals surface area contributed by atoms with Gasteiger partial charge in [-0.1, -0.05) is 49.4 Å². The summed E-state index contributed by atoms with van der Waals surface area (Å²) in [6, 6.07) is 22.4. The minimum atomic E-state index is 0.668. The fraction of sp³-hybridized carbons (Fsp3) is 0.233. The first-order valence-corrected chi connectivity index (χ1v) is 11.8. The number of hydrogen-bond donors (Lipinski definition) is 2. The molecule has 0 spiro atoms. The standard InChI is InChI=1S/C30H35N3O2/c1-7-21(3)26(27-19-29(34-5)30(35-6)20-28(27)31-8-2)18-23-13-12-16-25(17-23)33-22(4)32-24-14-10-9-11-15-24/h8-17,19-20,32-33H,4,7,18H2,1-3,5-6H3/b26-21+,31-8?. The maximum atomic E-state index is 5.61. The zero-order valence-corrected chi connectivity index (χ0v) is 21.3. The highest BCUT2D eigenvalue weighted by Crippen LogP contribution is 2.40. The Balaban J connectivity index is 1.91. The van der Waals surface area contributed by atoms with Gasteiger partial charge < -0.3 is 20.1 Å². The average Bonchev–Trinajstić information content (AvgIpc) is 2.87. The molecule has 0 aliphatic rings. The smallest absolute Gasteiger partial charge is 0.162 e. The molecular weight excluding hydrogens is 434 g/mol. The van der Waals surface area contributed by atoms with Gasteiger partial charge in [-0.2, -0.15) is 0 Å². The van der Waals surface area contributed by atoms with E-state index >= 15 is 0 Å². The van der Waals surface area contributed by atoms with E-state index in [0.29, 0.717) is 17.3 Å². The lowest BCUT2D eigenvalue weighted by Gasteiger charge is -2.18. The summed E-state index contributed by atoms with van der Waals surface area (Å²) in [5, 5.41) is 6.66. The number of methoxy groups -OCH3 is 2. The summed E-state index contributed by atoms with van der Waals surface area (Å²) in [7, 11) is 3.30. The quantitative estimate of drug-likeness (QED) is 0.281. The number of hydrogen-bond acceptors (Lipinski definition) is 5. The van der Waals surface area contributed by atoms with Crippen molar-refractivity contribution >= 4 is 28.8 Å². The van der Waals surface area contributed by atoms with Gasteiger partial charge in [0, 0.05) is 29.2 Å². The van der Waals surface area contributed by atoms with E-state index < -0.39 is 0 Å². The molecule has 0 saturated heterocycles. The number of allylic oxidation sites excluding steroid dienone is 2. The van der Waals surface area contributed by atoms with Crippen LogP contribution in [0.15, 0.2) is 89.7 Å². The molecule has 0 bridgehead atoms. The molecule has 3 aromatic carbocycles. The number of benzene rings is 3. The zero-order chi connectivity index (χ0) is 25.2. The van der Waals surface area contributed by atoms with Crippen LogP contribution < -0.4 is 20.1 Å². The van der Waals surface area contributed by atoms with E-state index in [1.165, 1.54) is 16.7 Å². The van der Waals surface area contributed by atoms with Crippen LogP contribution in [0.2, 0.25) is 0 Å². The van der Waals surface area contributed by atoms with Gasteiger partial charge in [0.15, 0.2) is 11.5 Å². The van der Waals surface area contributed by atoms with Crippen molar-refractivity contribution < 1.29 is 9.47 Å². The predicted molar refractivity (Wildman–Crippen MR) is 149 cm³/mol. The molecule has 0 atom stereocenters. The van der Waals surface area contributed by atoms with Gasteiger partial charge in [-0.3, -0.25) is 4.99 Å². The topological polar surface area (TPSA) is 54.9 Å². The zero-order valence-electron chi connectivity index (χ0n) is 21.3. The van der Waals surface area contributed by atoms with Crippen LogP contribution in [0.3, 0.4) is 0 Å². The molecule has 0 aliphatic carbocycles. The number of ether oxygens (including phenoxy) is 2. The van der Waals surface area contributed by atoms with Crippen LogP contribution in [0.4, 0.5) is 17.1 Å². The van der Waals surface area contributed by atoms with Gasteiger partial charge in [0.05, 0.1) is 19.9 Å². The first kappa shape index (κ1) is 25.6. The SMILES string of the molecule is C=C(Nc1ccccc1)Nc1cccc(C/C(=C(/C)CC)c2cc(OC)c(OC)cc2N=CC)c1. The van der Waals surface area contributed by atoms with Crippen molar-refractivity contribution in [1.82, 2.24) is 0 Å². The molecule has 0 unspecified atom stereocenters. The summed E-state index contributed by atoms with van der Waals surface area (Å²) in [5.74, 6) is 2.08. The summed E-state index contributed by atoms with van der Waals surface area (Å²) in [5.41, 5.74) is 7.60. The second kappa shape index (κ2) is 12.5. The molecule has 0 amide bonds. The first-order chi connectivity index (χ1) is 17.0. The number of rotatable bonds is 11. The van der Waals surface area contributed by atoms with Crippen molar-refractivity contribution in [2.45, 2.75) is 33.6 Å². The third kappa shape index (κ3) is 6.76. The molecule has 0 aliphatic heterocycles. The molecule has 5 heteroatoms. The molecule has 2 N–H and O–H groups in total. The minimum Gasteiger partial charge on any atom is -0.493 e. The lowest BCUT2D eigenvalue weighted by molar-refractivity contribution is 0.355. The van der Waals surface area contributed by atoms with Crippen LogP contribution in [0.25, 0.3) is 5.57 Å². The van der Waals surface area contributed by atoms with Crippen LogP contribution in [-0.2, 0) is 6.42 Å². The summed E-state index contributed by atoms with van der Waals surface area (Å²) in [6.07, 6.45) is 3.50. The van der Waals surface area contributed by atoms with Gasteiger partial charge in [0.25, 0.3) is 0 Å². The van der Waals surface area contributed by atoms with E-state index in [1.807, 2.05) is 55.5 Å². The van der Waals surface area contributed by atoms with E-state index in [0.717, 1.165) is 35.5 Å². The summed E-state index contributed by atoms with van der Waals surface area (Å²) < 4.78 is 11.1. The summed E-state index contributed by atoms with van der Waals surface area (Å²) in [6.45, 7) is 10.4. The molecule has 0 aromatic heterocycles. The maximum absolute atomic E-state index is 5.61. The van der Waals surface area contributed by atoms with Crippen LogP contribution in [0.5, 0.6) is 11.5 Å². The Morgan fingerprint density at radius 1 is 0.914 bits per heavy atom. The van der Waals surface area contributed by atoms with Gasteiger partial charge in [0.1, 0.15) is 5.82 Å². The molecule has 5 nitrogen and oxygen atoms in total. The molecule has 0 fully saturated rings. The Labute approximate surface area is 209 Å². The highest BCUT2D eigenvalue weighted by molar-refractivity contribution is 5.82. The lowest BCUT2D eigenvalue weighted by Crippen LogP contribution is -2.08. The van der Waals surface area contributed by atoms with Gasteiger partial charge >= 0.3 is 0 Å². The van der Waals surface area contributed by atoms with Crippen molar-refractivity contribution in [3.05, 3.63) is 95.8 Å². The molecule has 0 radical (unpaired) electrons. The third-order valence-electron chi connectivity index (χ3n) is 5.81. The Bertz CT molecular complexity index is 1210. The first-order valence-electron chi connectivity index (χ1n) is 11.8. The van der Waals surface area contributed by atoms with E-state index in [2.05, 4.69) is 54.3 Å². The van der Waals surface area contributed by atoms with Crippen LogP contribution >= 0.6 is 0 Å². The van der Waals surface area contributed by atoms with Crippen molar-refractivity contribution in [3.8, 4) is 11.5 Å². The fourth-order valence-electron chi connectivity index (χ4n) is 3.91. The highest BCUT2D eigenvalue weighted by atomic mass is 16.5. The Kier molecular flexibility index (Phi) is 9.13. The van der Waals surface area contributed by atoms with Gasteiger partial charge in [-0.15, -0.1) is 0 Å². The van der Waals surface area contributed by atoms with Gasteiger partial charge in [-0.05, 0) is 68.2 Å². The highest BCUT2D eigenvalue weighted by Gasteiger charge is 2.16. The molecule has 0 saturated carbocycles. The predicted octanol–water partition coefficient (Wildman–Crippen LogP) is 7.85. The normalized spacial score (nSPS) is 11.7. The van der Waals surface area contributed by atoms with Crippen molar-refractivity contribution in [3.63, 3.8) is 0 Å². The lowest BCUT2D eigenvalue weighted by atomic mass is 9.91. The third-order valence-corrected chi connectivity index (χ3v) is 5.81. The van der Waals surface area contributed by atoms with E-state index in [4.69, 9.17) is 9.47 Å². The number of nitrogens with one attached hydrogen (secondary N) is 2. The molecule has 0 heterocycles. The Hall–Kier alpha value is -3.99. The fourth-order valence-corrected chi connectivity index (χ4v) is 3.91. The summed E-state index contributed by atoms with van der Waals surface area (Å²) >= 11 is 0. The molecule has 3 aromatic rings. The van der Waals surface area contributed by atoms with Crippen LogP contribution in [-0.4, -0.2) is 20.4 Å². The minimum absolute atomic E-state index is 0.668. The van der Waals surface area contributed by atoms with Crippen molar-refractivity contribution in [2.24, 2.45) is 4.99 Å². The summed E-state index contributed by atoms with van der Waals surface area (Å²) in [4.78, 5) is 4.64. The van der Waals surface area contributed by atoms with Crippen molar-refractivity contribution in [1.29, 1.82) is 0 Å². The Morgan fingerprint density at radius 3 is 2.23 bits per heavy atom.